The van der Waals surface area contributed by atoms with Gasteiger partial charge in [0, 0.05) is 6.04 Å². The molecule has 3 rings (SSSR count). The molecule has 1 fully saturated rings. The van der Waals surface area contributed by atoms with E-state index in [9.17, 15) is 4.79 Å². The van der Waals surface area contributed by atoms with Crippen LogP contribution in [0, 0.1) is 0 Å². The van der Waals surface area contributed by atoms with Gasteiger partial charge in [-0.1, -0.05) is 30.3 Å². The SMILES string of the molecule is CC1CCCC(C(=O)Nc2ccccc2OCCOc2ccccc2)N1. The van der Waals surface area contributed by atoms with Crippen LogP contribution in [0.5, 0.6) is 11.5 Å². The summed E-state index contributed by atoms with van der Waals surface area (Å²) in [7, 11) is 0. The van der Waals surface area contributed by atoms with Crippen LogP contribution in [0.15, 0.2) is 54.6 Å². The van der Waals surface area contributed by atoms with E-state index < -0.39 is 0 Å². The first-order chi connectivity index (χ1) is 12.7. The minimum Gasteiger partial charge on any atom is -0.490 e. The van der Waals surface area contributed by atoms with E-state index in [1.165, 1.54) is 0 Å². The molecule has 1 aliphatic rings. The highest BCUT2D eigenvalue weighted by Gasteiger charge is 2.24. The molecule has 2 unspecified atom stereocenters. The van der Waals surface area contributed by atoms with Crippen LogP contribution in [-0.4, -0.2) is 31.2 Å². The van der Waals surface area contributed by atoms with Crippen molar-refractivity contribution in [2.45, 2.75) is 38.3 Å². The van der Waals surface area contributed by atoms with Crippen LogP contribution in [0.1, 0.15) is 26.2 Å². The Morgan fingerprint density at radius 3 is 2.58 bits per heavy atom. The Hall–Kier alpha value is -2.53. The van der Waals surface area contributed by atoms with E-state index in [-0.39, 0.29) is 11.9 Å². The summed E-state index contributed by atoms with van der Waals surface area (Å²) >= 11 is 0. The van der Waals surface area contributed by atoms with Crippen LogP contribution in [0.4, 0.5) is 5.69 Å². The fraction of sp³-hybridized carbons (Fsp3) is 0.381. The highest BCUT2D eigenvalue weighted by Crippen LogP contribution is 2.24. The smallest absolute Gasteiger partial charge is 0.241 e. The fourth-order valence-corrected chi connectivity index (χ4v) is 3.09. The van der Waals surface area contributed by atoms with Gasteiger partial charge in [-0.3, -0.25) is 4.79 Å². The van der Waals surface area contributed by atoms with Crippen molar-refractivity contribution in [3.8, 4) is 11.5 Å². The molecule has 0 aromatic heterocycles. The number of rotatable bonds is 7. The van der Waals surface area contributed by atoms with Crippen molar-refractivity contribution in [3.05, 3.63) is 54.6 Å². The standard InChI is InChI=1S/C21H26N2O3/c1-16-8-7-12-19(22-16)21(24)23-18-11-5-6-13-20(18)26-15-14-25-17-9-3-2-4-10-17/h2-6,9-11,13,16,19,22H,7-8,12,14-15H2,1H3,(H,23,24). The summed E-state index contributed by atoms with van der Waals surface area (Å²) in [5.74, 6) is 1.46. The lowest BCUT2D eigenvalue weighted by atomic mass is 9.99. The number of nitrogens with one attached hydrogen (secondary N) is 2. The quantitative estimate of drug-likeness (QED) is 0.746. The average molecular weight is 354 g/mol. The van der Waals surface area contributed by atoms with Gasteiger partial charge in [0.05, 0.1) is 11.7 Å². The zero-order valence-corrected chi connectivity index (χ0v) is 15.1. The van der Waals surface area contributed by atoms with Gasteiger partial charge < -0.3 is 20.1 Å². The molecule has 1 amide bonds. The Morgan fingerprint density at radius 2 is 1.77 bits per heavy atom. The predicted octanol–water partition coefficient (Wildman–Crippen LogP) is 3.61. The second-order valence-corrected chi connectivity index (χ2v) is 6.55. The third kappa shape index (κ3) is 5.23. The molecular weight excluding hydrogens is 328 g/mol. The van der Waals surface area contributed by atoms with Gasteiger partial charge in [-0.25, -0.2) is 0 Å². The Bertz CT molecular complexity index is 705. The Labute approximate surface area is 154 Å². The summed E-state index contributed by atoms with van der Waals surface area (Å²) in [6, 6.07) is 17.4. The molecule has 2 aromatic rings. The number of carbonyl (C=O) groups is 1. The molecule has 138 valence electrons. The molecule has 2 N–H and O–H groups in total. The van der Waals surface area contributed by atoms with E-state index in [1.807, 2.05) is 54.6 Å². The molecular formula is C21H26N2O3. The number of amides is 1. The van der Waals surface area contributed by atoms with Crippen LogP contribution in [-0.2, 0) is 4.79 Å². The lowest BCUT2D eigenvalue weighted by Gasteiger charge is -2.28. The Balaban J connectivity index is 1.51. The number of piperidine rings is 1. The van der Waals surface area contributed by atoms with Gasteiger partial charge in [-0.2, -0.15) is 0 Å². The maximum atomic E-state index is 12.5. The first kappa shape index (κ1) is 18.3. The number of carbonyl (C=O) groups excluding carboxylic acids is 1. The van der Waals surface area contributed by atoms with Crippen molar-refractivity contribution in [2.75, 3.05) is 18.5 Å². The summed E-state index contributed by atoms with van der Waals surface area (Å²) in [6.07, 6.45) is 3.05. The van der Waals surface area contributed by atoms with Gasteiger partial charge in [0.1, 0.15) is 24.7 Å². The summed E-state index contributed by atoms with van der Waals surface area (Å²) in [6.45, 7) is 2.96. The normalized spacial score (nSPS) is 19.6. The Morgan fingerprint density at radius 1 is 1.04 bits per heavy atom. The summed E-state index contributed by atoms with van der Waals surface area (Å²) in [4.78, 5) is 12.5. The molecule has 0 aliphatic carbocycles. The lowest BCUT2D eigenvalue weighted by Crippen LogP contribution is -2.47. The zero-order chi connectivity index (χ0) is 18.2. The number of hydrogen-bond donors (Lipinski definition) is 2. The molecule has 0 spiro atoms. The number of hydrogen-bond acceptors (Lipinski definition) is 4. The van der Waals surface area contributed by atoms with Crippen molar-refractivity contribution in [3.63, 3.8) is 0 Å². The molecule has 26 heavy (non-hydrogen) atoms. The monoisotopic (exact) mass is 354 g/mol. The number of ether oxygens (including phenoxy) is 2. The first-order valence-corrected chi connectivity index (χ1v) is 9.19. The van der Waals surface area contributed by atoms with Crippen LogP contribution < -0.4 is 20.1 Å². The number of anilines is 1. The van der Waals surface area contributed by atoms with E-state index in [2.05, 4.69) is 17.6 Å². The molecule has 2 aromatic carbocycles. The molecule has 0 bridgehead atoms. The first-order valence-electron chi connectivity index (χ1n) is 9.19. The van der Waals surface area contributed by atoms with Crippen molar-refractivity contribution >= 4 is 11.6 Å². The molecule has 1 aliphatic heterocycles. The average Bonchev–Trinajstić information content (AvgIpc) is 2.67. The maximum Gasteiger partial charge on any atom is 0.241 e. The zero-order valence-electron chi connectivity index (χ0n) is 15.1. The van der Waals surface area contributed by atoms with E-state index in [0.717, 1.165) is 25.0 Å². The van der Waals surface area contributed by atoms with Crippen molar-refractivity contribution in [2.24, 2.45) is 0 Å². The third-order valence-electron chi connectivity index (χ3n) is 4.43. The lowest BCUT2D eigenvalue weighted by molar-refractivity contribution is -0.118. The van der Waals surface area contributed by atoms with Crippen molar-refractivity contribution in [1.82, 2.24) is 5.32 Å². The molecule has 0 saturated carbocycles. The highest BCUT2D eigenvalue weighted by atomic mass is 16.5. The number of benzene rings is 2. The predicted molar refractivity (Wildman–Crippen MR) is 103 cm³/mol. The van der Waals surface area contributed by atoms with Crippen LogP contribution >= 0.6 is 0 Å². The largest absolute Gasteiger partial charge is 0.490 e. The molecule has 1 heterocycles. The van der Waals surface area contributed by atoms with Crippen LogP contribution in [0.3, 0.4) is 0 Å². The highest BCUT2D eigenvalue weighted by molar-refractivity contribution is 5.96. The van der Waals surface area contributed by atoms with E-state index >= 15 is 0 Å². The summed E-state index contributed by atoms with van der Waals surface area (Å²) in [5, 5.41) is 6.35. The van der Waals surface area contributed by atoms with Gasteiger partial charge >= 0.3 is 0 Å². The van der Waals surface area contributed by atoms with Gasteiger partial charge in [-0.05, 0) is 50.5 Å². The van der Waals surface area contributed by atoms with Crippen molar-refractivity contribution < 1.29 is 14.3 Å². The minimum absolute atomic E-state index is 0.00636. The van der Waals surface area contributed by atoms with Gasteiger partial charge in [0.2, 0.25) is 5.91 Å². The molecule has 5 heteroatoms. The van der Waals surface area contributed by atoms with Gasteiger partial charge in [0.15, 0.2) is 0 Å². The number of para-hydroxylation sites is 3. The van der Waals surface area contributed by atoms with E-state index in [4.69, 9.17) is 9.47 Å². The van der Waals surface area contributed by atoms with Gasteiger partial charge in [-0.15, -0.1) is 0 Å². The van der Waals surface area contributed by atoms with E-state index in [0.29, 0.717) is 30.7 Å². The molecule has 1 saturated heterocycles. The van der Waals surface area contributed by atoms with Crippen molar-refractivity contribution in [1.29, 1.82) is 0 Å². The minimum atomic E-state index is -0.145. The maximum absolute atomic E-state index is 12.5. The fourth-order valence-electron chi connectivity index (χ4n) is 3.09. The van der Waals surface area contributed by atoms with E-state index in [1.54, 1.807) is 0 Å². The molecule has 2 atom stereocenters. The summed E-state index contributed by atoms with van der Waals surface area (Å²) < 4.78 is 11.4. The summed E-state index contributed by atoms with van der Waals surface area (Å²) in [5.41, 5.74) is 0.692. The third-order valence-corrected chi connectivity index (χ3v) is 4.43. The van der Waals surface area contributed by atoms with Gasteiger partial charge in [0.25, 0.3) is 0 Å². The Kier molecular flexibility index (Phi) is 6.50. The topological polar surface area (TPSA) is 59.6 Å². The van der Waals surface area contributed by atoms with Crippen LogP contribution in [0.25, 0.3) is 0 Å². The molecule has 5 nitrogen and oxygen atoms in total. The molecule has 0 radical (unpaired) electrons. The second-order valence-electron chi connectivity index (χ2n) is 6.55. The van der Waals surface area contributed by atoms with Crippen LogP contribution in [0.2, 0.25) is 0 Å². The second kappa shape index (κ2) is 9.25.